The summed E-state index contributed by atoms with van der Waals surface area (Å²) in [5, 5.41) is 12.3. The fraction of sp³-hybridized carbons (Fsp3) is 0.318. The Morgan fingerprint density at radius 2 is 1.73 bits per heavy atom. The summed E-state index contributed by atoms with van der Waals surface area (Å²) in [6.45, 7) is 2.89. The number of halogens is 1. The molecule has 1 amide bonds. The second kappa shape index (κ2) is 9.86. The van der Waals surface area contributed by atoms with E-state index in [4.69, 9.17) is 0 Å². The number of likely N-dealkylation sites (tertiary alicyclic amines) is 1. The van der Waals surface area contributed by atoms with E-state index in [0.29, 0.717) is 10.8 Å². The maximum Gasteiger partial charge on any atom is 0.234 e. The first-order valence-corrected chi connectivity index (χ1v) is 11.1. The van der Waals surface area contributed by atoms with Crippen molar-refractivity contribution in [2.75, 3.05) is 24.2 Å². The van der Waals surface area contributed by atoms with Crippen molar-refractivity contribution in [3.63, 3.8) is 0 Å². The Balaban J connectivity index is 1.47. The van der Waals surface area contributed by atoms with Crippen molar-refractivity contribution >= 4 is 23.4 Å². The molecule has 30 heavy (non-hydrogen) atoms. The molecule has 2 heterocycles. The lowest BCUT2D eigenvalue weighted by Crippen LogP contribution is -2.30. The Hall–Kier alpha value is -2.71. The third kappa shape index (κ3) is 5.25. The molecular weight excluding hydrogens is 401 g/mol. The number of hydrogen-bond acceptors (Lipinski definition) is 5. The van der Waals surface area contributed by atoms with Gasteiger partial charge in [-0.15, -0.1) is 10.2 Å². The molecule has 1 aliphatic rings. The van der Waals surface area contributed by atoms with Crippen LogP contribution in [0.3, 0.4) is 0 Å². The molecule has 1 fully saturated rings. The summed E-state index contributed by atoms with van der Waals surface area (Å²) in [6, 6.07) is 15.7. The van der Waals surface area contributed by atoms with Crippen molar-refractivity contribution in [3.05, 3.63) is 66.2 Å². The van der Waals surface area contributed by atoms with Crippen molar-refractivity contribution in [1.82, 2.24) is 19.7 Å². The second-order valence-corrected chi connectivity index (χ2v) is 8.19. The minimum absolute atomic E-state index is 0.174. The minimum Gasteiger partial charge on any atom is -0.325 e. The van der Waals surface area contributed by atoms with E-state index in [9.17, 15) is 9.18 Å². The highest BCUT2D eigenvalue weighted by molar-refractivity contribution is 7.99. The van der Waals surface area contributed by atoms with Crippen molar-refractivity contribution in [1.29, 1.82) is 0 Å². The van der Waals surface area contributed by atoms with Gasteiger partial charge in [0.1, 0.15) is 5.82 Å². The maximum absolute atomic E-state index is 13.0. The lowest BCUT2D eigenvalue weighted by Gasteiger charge is -2.26. The first-order chi connectivity index (χ1) is 14.7. The number of piperidine rings is 1. The Morgan fingerprint density at radius 1 is 1.00 bits per heavy atom. The number of thioether (sulfide) groups is 1. The fourth-order valence-electron chi connectivity index (χ4n) is 3.51. The van der Waals surface area contributed by atoms with Gasteiger partial charge in [0, 0.05) is 11.4 Å². The first kappa shape index (κ1) is 20.6. The minimum atomic E-state index is -0.334. The topological polar surface area (TPSA) is 63.1 Å². The molecule has 1 aliphatic heterocycles. The highest BCUT2D eigenvalue weighted by Gasteiger charge is 2.19. The maximum atomic E-state index is 13.0. The summed E-state index contributed by atoms with van der Waals surface area (Å²) in [6.07, 6.45) is 3.71. The summed E-state index contributed by atoms with van der Waals surface area (Å²) in [7, 11) is 0. The molecule has 0 radical (unpaired) electrons. The third-order valence-corrected chi connectivity index (χ3v) is 5.92. The third-order valence-electron chi connectivity index (χ3n) is 4.99. The predicted octanol–water partition coefficient (Wildman–Crippen LogP) is 4.12. The molecule has 3 aromatic rings. The number of nitrogens with one attached hydrogen (secondary N) is 1. The van der Waals surface area contributed by atoms with Gasteiger partial charge in [-0.25, -0.2) is 4.39 Å². The monoisotopic (exact) mass is 425 g/mol. The molecule has 1 aromatic heterocycles. The van der Waals surface area contributed by atoms with E-state index in [1.165, 1.54) is 43.2 Å². The van der Waals surface area contributed by atoms with Crippen LogP contribution in [0.25, 0.3) is 5.69 Å². The van der Waals surface area contributed by atoms with Crippen LogP contribution in [0.2, 0.25) is 0 Å². The molecule has 6 nitrogen and oxygen atoms in total. The lowest BCUT2D eigenvalue weighted by molar-refractivity contribution is -0.113. The van der Waals surface area contributed by atoms with Gasteiger partial charge in [0.05, 0.1) is 12.3 Å². The zero-order valence-electron chi connectivity index (χ0n) is 16.6. The Kier molecular flexibility index (Phi) is 6.76. The summed E-state index contributed by atoms with van der Waals surface area (Å²) in [5.41, 5.74) is 1.55. The van der Waals surface area contributed by atoms with Crippen LogP contribution < -0.4 is 5.32 Å². The first-order valence-electron chi connectivity index (χ1n) is 10.1. The number of carbonyl (C=O) groups is 1. The fourth-order valence-corrected chi connectivity index (χ4v) is 4.28. The van der Waals surface area contributed by atoms with E-state index in [0.717, 1.165) is 31.1 Å². The molecule has 8 heteroatoms. The largest absolute Gasteiger partial charge is 0.325 e. The van der Waals surface area contributed by atoms with Crippen LogP contribution in [-0.4, -0.2) is 44.4 Å². The molecule has 0 aliphatic carbocycles. The number of benzene rings is 2. The van der Waals surface area contributed by atoms with Crippen molar-refractivity contribution in [3.8, 4) is 5.69 Å². The van der Waals surface area contributed by atoms with Gasteiger partial charge in [-0.1, -0.05) is 36.4 Å². The van der Waals surface area contributed by atoms with Crippen molar-refractivity contribution in [2.45, 2.75) is 31.0 Å². The Labute approximate surface area is 179 Å². The van der Waals surface area contributed by atoms with Gasteiger partial charge in [0.2, 0.25) is 5.91 Å². The van der Waals surface area contributed by atoms with E-state index in [-0.39, 0.29) is 17.5 Å². The lowest BCUT2D eigenvalue weighted by atomic mass is 10.1. The molecule has 0 atom stereocenters. The Bertz CT molecular complexity index is 971. The van der Waals surface area contributed by atoms with E-state index in [2.05, 4.69) is 20.4 Å². The zero-order valence-corrected chi connectivity index (χ0v) is 17.4. The van der Waals surface area contributed by atoms with Gasteiger partial charge in [-0.05, 0) is 62.3 Å². The number of nitrogens with zero attached hydrogens (tertiary/aromatic N) is 4. The SMILES string of the molecule is O=C(CSc1nnc(CN2CCCCC2)n1-c1ccccc1)Nc1ccc(F)cc1. The number of rotatable bonds is 7. The van der Waals surface area contributed by atoms with Crippen molar-refractivity contribution < 1.29 is 9.18 Å². The molecule has 4 rings (SSSR count). The molecule has 156 valence electrons. The van der Waals surface area contributed by atoms with Crippen molar-refractivity contribution in [2.24, 2.45) is 0 Å². The van der Waals surface area contributed by atoms with Gasteiger partial charge in [-0.3, -0.25) is 14.3 Å². The standard InChI is InChI=1S/C22H24FN5OS/c23-17-9-11-18(12-10-17)24-21(29)16-30-22-26-25-20(15-27-13-5-2-6-14-27)28(22)19-7-3-1-4-8-19/h1,3-4,7-12H,2,5-6,13-16H2,(H,24,29). The normalized spacial score (nSPS) is 14.6. The molecule has 0 spiro atoms. The van der Waals surface area contributed by atoms with Crippen LogP contribution in [0.1, 0.15) is 25.1 Å². The van der Waals surface area contributed by atoms with E-state index in [1.807, 2.05) is 34.9 Å². The summed E-state index contributed by atoms with van der Waals surface area (Å²) < 4.78 is 15.1. The highest BCUT2D eigenvalue weighted by atomic mass is 32.2. The van der Waals surface area contributed by atoms with Gasteiger partial charge in [0.25, 0.3) is 0 Å². The average molecular weight is 426 g/mol. The molecule has 1 saturated heterocycles. The van der Waals surface area contributed by atoms with Crippen LogP contribution in [0.5, 0.6) is 0 Å². The number of carbonyl (C=O) groups excluding carboxylic acids is 1. The van der Waals surface area contributed by atoms with E-state index < -0.39 is 0 Å². The predicted molar refractivity (Wildman–Crippen MR) is 116 cm³/mol. The van der Waals surface area contributed by atoms with E-state index >= 15 is 0 Å². The quantitative estimate of drug-likeness (QED) is 0.577. The Morgan fingerprint density at radius 3 is 2.47 bits per heavy atom. The number of hydrogen-bond donors (Lipinski definition) is 1. The molecule has 2 aromatic carbocycles. The summed E-state index contributed by atoms with van der Waals surface area (Å²) in [4.78, 5) is 14.8. The number of anilines is 1. The van der Waals surface area contributed by atoms with E-state index in [1.54, 1.807) is 12.1 Å². The number of amides is 1. The molecule has 1 N–H and O–H groups in total. The summed E-state index contributed by atoms with van der Waals surface area (Å²) >= 11 is 1.34. The molecule has 0 bridgehead atoms. The smallest absolute Gasteiger partial charge is 0.234 e. The number of aromatic nitrogens is 3. The molecule has 0 unspecified atom stereocenters. The van der Waals surface area contributed by atoms with Gasteiger partial charge < -0.3 is 5.32 Å². The van der Waals surface area contributed by atoms with Crippen LogP contribution in [-0.2, 0) is 11.3 Å². The van der Waals surface area contributed by atoms with Gasteiger partial charge in [0.15, 0.2) is 11.0 Å². The molecular formula is C22H24FN5OS. The van der Waals surface area contributed by atoms with Gasteiger partial charge >= 0.3 is 0 Å². The molecule has 0 saturated carbocycles. The average Bonchev–Trinajstić information content (AvgIpc) is 3.17. The van der Waals surface area contributed by atoms with Crippen LogP contribution in [0.15, 0.2) is 59.8 Å². The highest BCUT2D eigenvalue weighted by Crippen LogP contribution is 2.24. The number of para-hydroxylation sites is 1. The van der Waals surface area contributed by atoms with Crippen LogP contribution in [0.4, 0.5) is 10.1 Å². The second-order valence-electron chi connectivity index (χ2n) is 7.25. The van der Waals surface area contributed by atoms with Gasteiger partial charge in [-0.2, -0.15) is 0 Å². The zero-order chi connectivity index (χ0) is 20.8. The van der Waals surface area contributed by atoms with Crippen LogP contribution in [0, 0.1) is 5.82 Å². The van der Waals surface area contributed by atoms with Crippen LogP contribution >= 0.6 is 11.8 Å². The summed E-state index contributed by atoms with van der Waals surface area (Å²) in [5.74, 6) is 0.558.